The fraction of sp³-hybridized carbons (Fsp3) is 0.429. The number of hydrogen-bond donors (Lipinski definition) is 1. The molecule has 38 heavy (non-hydrogen) atoms. The number of thiophene rings is 1. The third kappa shape index (κ3) is 6.65. The van der Waals surface area contributed by atoms with Crippen LogP contribution in [0.5, 0.6) is 5.75 Å². The van der Waals surface area contributed by atoms with Gasteiger partial charge in [-0.2, -0.15) is 0 Å². The summed E-state index contributed by atoms with van der Waals surface area (Å²) in [7, 11) is 0. The minimum absolute atomic E-state index is 0.0410. The van der Waals surface area contributed by atoms with Crippen molar-refractivity contribution >= 4 is 68.5 Å². The normalized spacial score (nSPS) is 17.2. The molecule has 1 aliphatic carbocycles. The molecule has 1 saturated heterocycles. The van der Waals surface area contributed by atoms with Gasteiger partial charge in [-0.15, -0.1) is 11.3 Å². The first kappa shape index (κ1) is 28.3. The van der Waals surface area contributed by atoms with Gasteiger partial charge in [-0.25, -0.2) is 4.79 Å². The predicted octanol–water partition coefficient (Wildman–Crippen LogP) is 6.48. The number of esters is 1. The minimum Gasteiger partial charge on any atom is -0.490 e. The third-order valence-electron chi connectivity index (χ3n) is 6.61. The molecule has 1 aromatic heterocycles. The van der Waals surface area contributed by atoms with Crippen LogP contribution in [-0.2, 0) is 14.3 Å². The summed E-state index contributed by atoms with van der Waals surface area (Å²) >= 11 is 8.03. The fourth-order valence-corrected chi connectivity index (χ4v) is 6.83. The Bertz CT molecular complexity index is 1260. The third-order valence-corrected chi connectivity index (χ3v) is 9.11. The van der Waals surface area contributed by atoms with Gasteiger partial charge in [0.25, 0.3) is 5.91 Å². The van der Waals surface area contributed by atoms with Gasteiger partial charge in [0.2, 0.25) is 5.91 Å². The fourth-order valence-electron chi connectivity index (χ4n) is 4.47. The predicted molar refractivity (Wildman–Crippen MR) is 157 cm³/mol. The summed E-state index contributed by atoms with van der Waals surface area (Å²) < 4.78 is 11.8. The molecule has 2 amide bonds. The Morgan fingerprint density at radius 1 is 1.18 bits per heavy atom. The van der Waals surface area contributed by atoms with Gasteiger partial charge in [0, 0.05) is 23.4 Å². The number of aryl methyl sites for hydroxylation is 1. The van der Waals surface area contributed by atoms with E-state index in [0.717, 1.165) is 34.6 Å². The molecule has 7 nitrogen and oxygen atoms in total. The molecule has 1 saturated carbocycles. The van der Waals surface area contributed by atoms with Crippen LogP contribution in [0.2, 0.25) is 0 Å². The monoisotopic (exact) mass is 572 g/mol. The first-order valence-corrected chi connectivity index (χ1v) is 14.9. The minimum atomic E-state index is -0.459. The first-order valence-electron chi connectivity index (χ1n) is 12.9. The molecular weight excluding hydrogens is 541 g/mol. The second-order valence-corrected chi connectivity index (χ2v) is 12.2. The van der Waals surface area contributed by atoms with Crippen LogP contribution in [0.4, 0.5) is 5.00 Å². The molecule has 2 aliphatic rings. The van der Waals surface area contributed by atoms with Crippen molar-refractivity contribution in [3.8, 4) is 5.75 Å². The summed E-state index contributed by atoms with van der Waals surface area (Å²) in [5, 5.41) is 3.28. The molecule has 0 spiro atoms. The number of nitrogens with zero attached hydrogens (tertiary/aromatic N) is 1. The van der Waals surface area contributed by atoms with Crippen molar-refractivity contribution in [1.29, 1.82) is 0 Å². The number of thiocarbonyl (C=S) groups is 1. The molecule has 4 rings (SSSR count). The lowest BCUT2D eigenvalue weighted by molar-refractivity contribution is -0.122. The summed E-state index contributed by atoms with van der Waals surface area (Å²) in [5.41, 5.74) is 2.01. The second-order valence-electron chi connectivity index (χ2n) is 9.26. The number of anilines is 1. The Balaban J connectivity index is 1.40. The van der Waals surface area contributed by atoms with Crippen LogP contribution < -0.4 is 10.1 Å². The molecule has 10 heteroatoms. The van der Waals surface area contributed by atoms with Crippen molar-refractivity contribution in [2.75, 3.05) is 18.5 Å². The Hall–Kier alpha value is -2.69. The molecule has 1 aromatic carbocycles. The molecule has 2 fully saturated rings. The second kappa shape index (κ2) is 12.9. The maximum Gasteiger partial charge on any atom is 0.341 e. The van der Waals surface area contributed by atoms with E-state index in [2.05, 4.69) is 5.32 Å². The van der Waals surface area contributed by atoms with Gasteiger partial charge in [0.05, 0.1) is 23.2 Å². The van der Waals surface area contributed by atoms with Crippen LogP contribution in [0.1, 0.15) is 71.8 Å². The maximum absolute atomic E-state index is 13.2. The molecule has 0 radical (unpaired) electrons. The van der Waals surface area contributed by atoms with Crippen molar-refractivity contribution < 1.29 is 23.9 Å². The van der Waals surface area contributed by atoms with Gasteiger partial charge in [-0.05, 0) is 64.2 Å². The largest absolute Gasteiger partial charge is 0.490 e. The molecular formula is C28H32N2O5S3. The van der Waals surface area contributed by atoms with E-state index >= 15 is 0 Å². The number of benzene rings is 1. The van der Waals surface area contributed by atoms with E-state index in [1.54, 1.807) is 6.92 Å². The SMILES string of the molecule is CCOC(=O)c1c(NC(=O)CCN2C(=O)/C(=C/c3ccccc3OC3CCCCC3)SC2=S)sc(C)c1C. The van der Waals surface area contributed by atoms with E-state index in [4.69, 9.17) is 21.7 Å². The smallest absolute Gasteiger partial charge is 0.341 e. The zero-order valence-corrected chi connectivity index (χ0v) is 24.3. The van der Waals surface area contributed by atoms with Gasteiger partial charge in [-0.3, -0.25) is 14.5 Å². The number of nitrogens with one attached hydrogen (secondary N) is 1. The van der Waals surface area contributed by atoms with E-state index in [0.29, 0.717) is 19.8 Å². The van der Waals surface area contributed by atoms with Gasteiger partial charge in [-0.1, -0.05) is 48.6 Å². The Morgan fingerprint density at radius 2 is 1.92 bits per heavy atom. The molecule has 2 heterocycles. The maximum atomic E-state index is 13.2. The lowest BCUT2D eigenvalue weighted by Gasteiger charge is -2.23. The number of amides is 2. The van der Waals surface area contributed by atoms with Crippen LogP contribution in [0.15, 0.2) is 29.2 Å². The average molecular weight is 573 g/mol. The van der Waals surface area contributed by atoms with Gasteiger partial charge < -0.3 is 14.8 Å². The van der Waals surface area contributed by atoms with E-state index in [9.17, 15) is 14.4 Å². The summed E-state index contributed by atoms with van der Waals surface area (Å²) in [5.74, 6) is -0.223. The van der Waals surface area contributed by atoms with E-state index in [-0.39, 0.29) is 37.5 Å². The molecule has 1 N–H and O–H groups in total. The average Bonchev–Trinajstić information content (AvgIpc) is 3.32. The van der Waals surface area contributed by atoms with E-state index in [1.807, 2.05) is 44.2 Å². The summed E-state index contributed by atoms with van der Waals surface area (Å²) in [6.07, 6.45) is 7.76. The van der Waals surface area contributed by atoms with Gasteiger partial charge in [0.1, 0.15) is 15.1 Å². The number of thioether (sulfide) groups is 1. The highest BCUT2D eigenvalue weighted by Gasteiger charge is 2.32. The Kier molecular flexibility index (Phi) is 9.62. The number of carbonyl (C=O) groups is 3. The number of rotatable bonds is 9. The highest BCUT2D eigenvalue weighted by molar-refractivity contribution is 8.26. The zero-order chi connectivity index (χ0) is 27.2. The topological polar surface area (TPSA) is 84.9 Å². The number of hydrogen-bond acceptors (Lipinski definition) is 8. The molecule has 2 aromatic rings. The molecule has 0 bridgehead atoms. The Labute approximate surface area is 236 Å². The summed E-state index contributed by atoms with van der Waals surface area (Å²) in [6.45, 7) is 5.86. The van der Waals surface area contributed by atoms with Crippen molar-refractivity contribution in [3.05, 3.63) is 50.7 Å². The van der Waals surface area contributed by atoms with Gasteiger partial charge >= 0.3 is 5.97 Å². The lowest BCUT2D eigenvalue weighted by atomic mass is 9.97. The highest BCUT2D eigenvalue weighted by atomic mass is 32.2. The first-order chi connectivity index (χ1) is 18.3. The molecule has 1 aliphatic heterocycles. The zero-order valence-electron chi connectivity index (χ0n) is 21.8. The standard InChI is InChI=1S/C28H32N2O5S3/c1-4-34-27(33)24-17(2)18(3)37-25(24)29-23(31)14-15-30-26(32)22(38-28(30)36)16-19-10-8-9-13-21(19)35-20-11-6-5-7-12-20/h8-10,13,16,20H,4-7,11-12,14-15H2,1-3H3,(H,29,31)/b22-16-. The molecule has 0 unspecified atom stereocenters. The van der Waals surface area contributed by atoms with Crippen LogP contribution in [0.25, 0.3) is 6.08 Å². The van der Waals surface area contributed by atoms with Crippen molar-refractivity contribution in [1.82, 2.24) is 4.90 Å². The Morgan fingerprint density at radius 3 is 2.66 bits per heavy atom. The molecule has 202 valence electrons. The van der Waals surface area contributed by atoms with Crippen molar-refractivity contribution in [3.63, 3.8) is 0 Å². The van der Waals surface area contributed by atoms with Crippen LogP contribution in [0, 0.1) is 13.8 Å². The molecule has 0 atom stereocenters. The van der Waals surface area contributed by atoms with Crippen molar-refractivity contribution in [2.24, 2.45) is 0 Å². The van der Waals surface area contributed by atoms with Gasteiger partial charge in [0.15, 0.2) is 0 Å². The highest BCUT2D eigenvalue weighted by Crippen LogP contribution is 2.36. The lowest BCUT2D eigenvalue weighted by Crippen LogP contribution is -2.31. The number of ether oxygens (including phenoxy) is 2. The van der Waals surface area contributed by atoms with E-state index < -0.39 is 5.97 Å². The number of para-hydroxylation sites is 1. The quantitative estimate of drug-likeness (QED) is 0.209. The number of carbonyl (C=O) groups excluding carboxylic acids is 3. The van der Waals surface area contributed by atoms with Crippen LogP contribution in [-0.4, -0.2) is 46.3 Å². The summed E-state index contributed by atoms with van der Waals surface area (Å²) in [6, 6.07) is 7.72. The van der Waals surface area contributed by atoms with Crippen LogP contribution in [0.3, 0.4) is 0 Å². The summed E-state index contributed by atoms with van der Waals surface area (Å²) in [4.78, 5) is 41.2. The van der Waals surface area contributed by atoms with Crippen LogP contribution >= 0.6 is 35.3 Å². The van der Waals surface area contributed by atoms with E-state index in [1.165, 1.54) is 47.3 Å². The van der Waals surface area contributed by atoms with Crippen molar-refractivity contribution in [2.45, 2.75) is 65.4 Å².